The average molecular weight is 471 g/mol. The van der Waals surface area contributed by atoms with Gasteiger partial charge in [-0.3, -0.25) is 4.98 Å². The van der Waals surface area contributed by atoms with Crippen molar-refractivity contribution < 1.29 is 4.79 Å². The number of rotatable bonds is 7. The predicted molar refractivity (Wildman–Crippen MR) is 141 cm³/mol. The fourth-order valence-corrected chi connectivity index (χ4v) is 2.83. The van der Waals surface area contributed by atoms with Gasteiger partial charge < -0.3 is 27.8 Å². The van der Waals surface area contributed by atoms with E-state index in [4.69, 9.17) is 17.2 Å². The van der Waals surface area contributed by atoms with Gasteiger partial charge in [-0.25, -0.2) is 4.79 Å². The van der Waals surface area contributed by atoms with Gasteiger partial charge in [-0.05, 0) is 61.4 Å². The Hall–Kier alpha value is -5.06. The zero-order valence-corrected chi connectivity index (χ0v) is 19.3. The molecule has 0 spiro atoms. The van der Waals surface area contributed by atoms with Crippen LogP contribution in [0, 0.1) is 0 Å². The van der Waals surface area contributed by atoms with Crippen LogP contribution in [0.3, 0.4) is 0 Å². The summed E-state index contributed by atoms with van der Waals surface area (Å²) in [5.74, 6) is 0.109. The lowest BCUT2D eigenvalue weighted by Crippen LogP contribution is -2.22. The van der Waals surface area contributed by atoms with E-state index in [2.05, 4.69) is 36.0 Å². The van der Waals surface area contributed by atoms with Crippen molar-refractivity contribution in [2.45, 2.75) is 13.8 Å². The number of nitrogens with two attached hydrogens (primary N) is 3. The highest BCUT2D eigenvalue weighted by Gasteiger charge is 2.05. The number of hydrogen-bond donors (Lipinski definition) is 5. The first-order valence-corrected chi connectivity index (χ1v) is 10.5. The van der Waals surface area contributed by atoms with E-state index in [-0.39, 0.29) is 17.8 Å². The molecule has 178 valence electrons. The summed E-state index contributed by atoms with van der Waals surface area (Å²) in [7, 11) is 0. The van der Waals surface area contributed by atoms with Crippen LogP contribution in [0.5, 0.6) is 0 Å². The number of anilines is 2. The molecular formula is C24H26N10O. The van der Waals surface area contributed by atoms with E-state index >= 15 is 0 Å². The van der Waals surface area contributed by atoms with E-state index in [1.54, 1.807) is 61.7 Å². The van der Waals surface area contributed by atoms with Crippen LogP contribution in [0.15, 0.2) is 93.3 Å². The van der Waals surface area contributed by atoms with Crippen LogP contribution in [-0.2, 0) is 0 Å². The van der Waals surface area contributed by atoms with Crippen molar-refractivity contribution in [3.05, 3.63) is 89.7 Å². The van der Waals surface area contributed by atoms with Crippen LogP contribution in [-0.4, -0.2) is 34.2 Å². The Morgan fingerprint density at radius 3 is 1.69 bits per heavy atom. The Morgan fingerprint density at radius 2 is 1.23 bits per heavy atom. The molecule has 0 aliphatic heterocycles. The molecule has 8 N–H and O–H groups in total. The van der Waals surface area contributed by atoms with Gasteiger partial charge in [0.1, 0.15) is 5.69 Å². The van der Waals surface area contributed by atoms with Gasteiger partial charge in [0, 0.05) is 17.6 Å². The number of hydrogen-bond acceptors (Lipinski definition) is 6. The summed E-state index contributed by atoms with van der Waals surface area (Å²) in [6, 6.07) is 19.3. The van der Waals surface area contributed by atoms with Gasteiger partial charge >= 0.3 is 6.03 Å². The number of carbonyl (C=O) groups is 1. The molecule has 3 rings (SSSR count). The van der Waals surface area contributed by atoms with E-state index < -0.39 is 0 Å². The van der Waals surface area contributed by atoms with Crippen LogP contribution in [0.1, 0.15) is 30.7 Å². The number of nitrogens with zero attached hydrogens (tertiary/aromatic N) is 5. The van der Waals surface area contributed by atoms with E-state index in [1.165, 1.54) is 0 Å². The monoisotopic (exact) mass is 470 g/mol. The first-order chi connectivity index (χ1) is 16.8. The molecule has 11 heteroatoms. The lowest BCUT2D eigenvalue weighted by molar-refractivity contribution is 0.262. The lowest BCUT2D eigenvalue weighted by atomic mass is 10.1. The van der Waals surface area contributed by atoms with E-state index in [1.807, 2.05) is 25.1 Å². The Morgan fingerprint density at radius 1 is 0.714 bits per heavy atom. The number of carbonyl (C=O) groups excluding carboxylic acids is 1. The van der Waals surface area contributed by atoms with Crippen molar-refractivity contribution >= 4 is 40.6 Å². The fraction of sp³-hybridized carbons (Fsp3) is 0.0833. The van der Waals surface area contributed by atoms with Crippen molar-refractivity contribution in [2.75, 3.05) is 10.6 Å². The third kappa shape index (κ3) is 7.49. The molecule has 0 saturated carbocycles. The van der Waals surface area contributed by atoms with Gasteiger partial charge in [0.15, 0.2) is 5.84 Å². The van der Waals surface area contributed by atoms with Crippen LogP contribution < -0.4 is 27.8 Å². The predicted octanol–water partition coefficient (Wildman–Crippen LogP) is 2.85. The average Bonchev–Trinajstić information content (AvgIpc) is 2.87. The third-order valence-electron chi connectivity index (χ3n) is 4.67. The highest BCUT2D eigenvalue weighted by molar-refractivity contribution is 6.03. The normalized spacial score (nSPS) is 12.1. The number of benzene rings is 2. The molecule has 35 heavy (non-hydrogen) atoms. The number of guanidine groups is 1. The fourth-order valence-electron chi connectivity index (χ4n) is 2.83. The van der Waals surface area contributed by atoms with E-state index in [9.17, 15) is 4.79 Å². The first-order valence-electron chi connectivity index (χ1n) is 10.5. The minimum atomic E-state index is -0.380. The number of nitrogens with one attached hydrogen (secondary N) is 2. The third-order valence-corrected chi connectivity index (χ3v) is 4.67. The number of aromatic nitrogens is 1. The van der Waals surface area contributed by atoms with Crippen LogP contribution >= 0.6 is 0 Å². The maximum absolute atomic E-state index is 12.4. The molecule has 0 unspecified atom stereocenters. The molecular weight excluding hydrogens is 444 g/mol. The van der Waals surface area contributed by atoms with Crippen molar-refractivity contribution in [2.24, 2.45) is 37.6 Å². The Labute approximate surface area is 202 Å². The summed E-state index contributed by atoms with van der Waals surface area (Å²) in [5, 5.41) is 21.3. The zero-order chi connectivity index (χ0) is 25.2. The summed E-state index contributed by atoms with van der Waals surface area (Å²) >= 11 is 0. The summed E-state index contributed by atoms with van der Waals surface area (Å²) in [6.07, 6.45) is 1.64. The maximum Gasteiger partial charge on any atom is 0.323 e. The summed E-state index contributed by atoms with van der Waals surface area (Å²) in [4.78, 5) is 16.5. The molecule has 0 saturated heterocycles. The van der Waals surface area contributed by atoms with Crippen molar-refractivity contribution in [1.29, 1.82) is 0 Å². The van der Waals surface area contributed by atoms with E-state index in [0.717, 1.165) is 11.1 Å². The second-order valence-electron chi connectivity index (χ2n) is 7.33. The second-order valence-corrected chi connectivity index (χ2v) is 7.33. The molecule has 0 radical (unpaired) electrons. The first kappa shape index (κ1) is 24.6. The largest absolute Gasteiger partial charge is 0.380 e. The molecule has 0 atom stereocenters. The molecule has 11 nitrogen and oxygen atoms in total. The summed E-state index contributed by atoms with van der Waals surface area (Å²) < 4.78 is 0. The van der Waals surface area contributed by atoms with Gasteiger partial charge in [0.25, 0.3) is 0 Å². The van der Waals surface area contributed by atoms with Crippen LogP contribution in [0.4, 0.5) is 16.2 Å². The van der Waals surface area contributed by atoms with Crippen LogP contribution in [0.25, 0.3) is 0 Å². The minimum Gasteiger partial charge on any atom is -0.380 e. The minimum absolute atomic E-state index is 0.117. The highest BCUT2D eigenvalue weighted by atomic mass is 16.2. The number of pyridine rings is 1. The van der Waals surface area contributed by atoms with Gasteiger partial charge in [-0.2, -0.15) is 10.2 Å². The molecule has 0 aliphatic carbocycles. The molecule has 0 bridgehead atoms. The molecule has 0 fully saturated rings. The molecule has 3 aromatic rings. The van der Waals surface area contributed by atoms with E-state index in [0.29, 0.717) is 28.5 Å². The Kier molecular flexibility index (Phi) is 8.22. The van der Waals surface area contributed by atoms with Crippen molar-refractivity contribution in [3.63, 3.8) is 0 Å². The van der Waals surface area contributed by atoms with Crippen LogP contribution in [0.2, 0.25) is 0 Å². The quantitative estimate of drug-likeness (QED) is 0.202. The molecule has 0 aliphatic rings. The topological polar surface area (TPSA) is 182 Å². The SMILES string of the molecule is CC(=NN=C(N)N)c1ccc(NC(=O)Nc2ccc(C(C)=NN=C(N)c3ccccn3)cc2)cc1. The number of urea groups is 1. The van der Waals surface area contributed by atoms with Gasteiger partial charge in [0.2, 0.25) is 5.96 Å². The van der Waals surface area contributed by atoms with Crippen molar-refractivity contribution in [1.82, 2.24) is 4.98 Å². The molecule has 1 heterocycles. The lowest BCUT2D eigenvalue weighted by Gasteiger charge is -2.09. The number of amides is 2. The Balaban J connectivity index is 1.58. The smallest absolute Gasteiger partial charge is 0.323 e. The molecule has 2 aromatic carbocycles. The zero-order valence-electron chi connectivity index (χ0n) is 19.3. The standard InChI is InChI=1S/C24H26N10O/c1-15(31-33-22(25)21-5-3-4-14-28-21)17-6-10-19(11-7-17)29-24(35)30-20-12-8-18(9-13-20)16(2)32-34-23(26)27/h3-14H,1-2H3,(H2,25,33)(H4,26,27,34)(H2,29,30,35). The number of amidine groups is 1. The van der Waals surface area contributed by atoms with Crippen molar-refractivity contribution in [3.8, 4) is 0 Å². The maximum atomic E-state index is 12.4. The highest BCUT2D eigenvalue weighted by Crippen LogP contribution is 2.14. The van der Waals surface area contributed by atoms with Gasteiger partial charge in [0.05, 0.1) is 11.4 Å². The van der Waals surface area contributed by atoms with Gasteiger partial charge in [-0.15, -0.1) is 10.2 Å². The second kappa shape index (κ2) is 11.7. The Bertz CT molecular complexity index is 1270. The molecule has 1 aromatic heterocycles. The van der Waals surface area contributed by atoms with Gasteiger partial charge in [-0.1, -0.05) is 30.3 Å². The summed E-state index contributed by atoms with van der Waals surface area (Å²) in [6.45, 7) is 3.59. The summed E-state index contributed by atoms with van der Waals surface area (Å²) in [5.41, 5.74) is 21.2. The molecule has 2 amide bonds.